The van der Waals surface area contributed by atoms with Crippen LogP contribution in [0.2, 0.25) is 0 Å². The van der Waals surface area contributed by atoms with Crippen LogP contribution in [0, 0.1) is 0 Å². The van der Waals surface area contributed by atoms with Crippen LogP contribution in [0.25, 0.3) is 0 Å². The van der Waals surface area contributed by atoms with Crippen molar-refractivity contribution in [3.8, 4) is 5.75 Å². The van der Waals surface area contributed by atoms with Crippen molar-refractivity contribution in [1.29, 1.82) is 0 Å². The Bertz CT molecular complexity index is 653. The van der Waals surface area contributed by atoms with E-state index in [-0.39, 0.29) is 11.0 Å². The van der Waals surface area contributed by atoms with E-state index < -0.39 is 0 Å². The molecule has 2 aromatic rings. The molecule has 0 aliphatic carbocycles. The fraction of sp³-hybridized carbons (Fsp3) is 0.381. The highest BCUT2D eigenvalue weighted by atomic mass is 16.5. The lowest BCUT2D eigenvalue weighted by Crippen LogP contribution is -2.22. The predicted molar refractivity (Wildman–Crippen MR) is 99.2 cm³/mol. The molecule has 23 heavy (non-hydrogen) atoms. The summed E-state index contributed by atoms with van der Waals surface area (Å²) in [5.74, 6) is 0.879. The van der Waals surface area contributed by atoms with Gasteiger partial charge in [-0.25, -0.2) is 0 Å². The van der Waals surface area contributed by atoms with E-state index in [1.807, 2.05) is 51.3 Å². The molecule has 0 fully saturated rings. The molecular weight excluding hydrogens is 282 g/mol. The third-order valence-electron chi connectivity index (χ3n) is 3.40. The molecule has 0 spiro atoms. The van der Waals surface area contributed by atoms with Crippen molar-refractivity contribution in [2.24, 2.45) is 4.99 Å². The highest BCUT2D eigenvalue weighted by Crippen LogP contribution is 2.24. The maximum atomic E-state index is 5.82. The molecule has 0 heterocycles. The maximum absolute atomic E-state index is 5.82. The monoisotopic (exact) mass is 309 g/mol. The zero-order chi connectivity index (χ0) is 17.1. The number of hydrogen-bond acceptors (Lipinski definition) is 2. The summed E-state index contributed by atoms with van der Waals surface area (Å²) in [6, 6.07) is 16.4. The molecule has 0 aliphatic rings. The van der Waals surface area contributed by atoms with Crippen LogP contribution < -0.4 is 4.74 Å². The van der Waals surface area contributed by atoms with Crippen LogP contribution in [0.1, 0.15) is 52.7 Å². The van der Waals surface area contributed by atoms with Crippen LogP contribution in [0.15, 0.2) is 53.5 Å². The van der Waals surface area contributed by atoms with Crippen molar-refractivity contribution in [3.63, 3.8) is 0 Å². The van der Waals surface area contributed by atoms with E-state index in [2.05, 4.69) is 50.0 Å². The van der Waals surface area contributed by atoms with Gasteiger partial charge in [-0.05, 0) is 73.7 Å². The van der Waals surface area contributed by atoms with Gasteiger partial charge in [-0.2, -0.15) is 0 Å². The molecule has 2 rings (SSSR count). The molecule has 0 aliphatic heterocycles. The lowest BCUT2D eigenvalue weighted by molar-refractivity contribution is 0.131. The van der Waals surface area contributed by atoms with Crippen molar-refractivity contribution in [1.82, 2.24) is 0 Å². The largest absolute Gasteiger partial charge is 0.488 e. The molecule has 2 nitrogen and oxygen atoms in total. The standard InChI is InChI=1S/C21H27NO/c1-20(2,3)17-9-11-18(12-10-17)22-15-16-7-13-19(14-8-16)23-21(4,5)6/h7-15H,1-6H3. The highest BCUT2D eigenvalue weighted by Gasteiger charge is 2.12. The van der Waals surface area contributed by atoms with Gasteiger partial charge in [-0.3, -0.25) is 4.99 Å². The third kappa shape index (κ3) is 5.55. The molecule has 0 bridgehead atoms. The number of hydrogen-bond donors (Lipinski definition) is 0. The summed E-state index contributed by atoms with van der Waals surface area (Å²) < 4.78 is 5.82. The second-order valence-corrected chi connectivity index (χ2v) is 7.84. The number of aliphatic imine (C=N–C) groups is 1. The minimum absolute atomic E-state index is 0.172. The number of ether oxygens (including phenoxy) is 1. The van der Waals surface area contributed by atoms with E-state index in [1.54, 1.807) is 0 Å². The van der Waals surface area contributed by atoms with Crippen LogP contribution in [-0.2, 0) is 5.41 Å². The molecule has 122 valence electrons. The van der Waals surface area contributed by atoms with Gasteiger partial charge in [-0.1, -0.05) is 32.9 Å². The molecule has 0 atom stereocenters. The van der Waals surface area contributed by atoms with E-state index in [0.717, 1.165) is 17.0 Å². The minimum Gasteiger partial charge on any atom is -0.488 e. The lowest BCUT2D eigenvalue weighted by atomic mass is 9.87. The zero-order valence-corrected chi connectivity index (χ0v) is 15.1. The first-order valence-electron chi connectivity index (χ1n) is 8.07. The third-order valence-corrected chi connectivity index (χ3v) is 3.40. The van der Waals surface area contributed by atoms with Crippen molar-refractivity contribution in [2.75, 3.05) is 0 Å². The molecule has 0 saturated heterocycles. The molecule has 0 amide bonds. The second-order valence-electron chi connectivity index (χ2n) is 7.84. The van der Waals surface area contributed by atoms with Gasteiger partial charge in [0.25, 0.3) is 0 Å². The van der Waals surface area contributed by atoms with Crippen LogP contribution >= 0.6 is 0 Å². The summed E-state index contributed by atoms with van der Waals surface area (Å²) in [6.45, 7) is 12.8. The van der Waals surface area contributed by atoms with Gasteiger partial charge < -0.3 is 4.74 Å². The maximum Gasteiger partial charge on any atom is 0.120 e. The predicted octanol–water partition coefficient (Wildman–Crippen LogP) is 5.91. The van der Waals surface area contributed by atoms with Gasteiger partial charge >= 0.3 is 0 Å². The van der Waals surface area contributed by atoms with E-state index >= 15 is 0 Å². The first-order chi connectivity index (χ1) is 10.6. The van der Waals surface area contributed by atoms with Crippen LogP contribution in [0.4, 0.5) is 5.69 Å². The summed E-state index contributed by atoms with van der Waals surface area (Å²) in [7, 11) is 0. The quantitative estimate of drug-likeness (QED) is 0.646. The molecule has 2 aromatic carbocycles. The zero-order valence-electron chi connectivity index (χ0n) is 15.1. The summed E-state index contributed by atoms with van der Waals surface area (Å²) >= 11 is 0. The fourth-order valence-electron chi connectivity index (χ4n) is 2.17. The molecule has 0 saturated carbocycles. The number of benzene rings is 2. The topological polar surface area (TPSA) is 21.6 Å². The Morgan fingerprint density at radius 2 is 1.35 bits per heavy atom. The molecule has 0 N–H and O–H groups in total. The Labute approximate surface area is 140 Å². The summed E-state index contributed by atoms with van der Waals surface area (Å²) in [5, 5.41) is 0. The van der Waals surface area contributed by atoms with Gasteiger partial charge in [0.05, 0.1) is 5.69 Å². The highest BCUT2D eigenvalue weighted by molar-refractivity contribution is 5.82. The van der Waals surface area contributed by atoms with Crippen molar-refractivity contribution >= 4 is 11.9 Å². The second kappa shape index (κ2) is 6.57. The fourth-order valence-corrected chi connectivity index (χ4v) is 2.17. The lowest BCUT2D eigenvalue weighted by Gasteiger charge is -2.21. The van der Waals surface area contributed by atoms with Crippen molar-refractivity contribution in [3.05, 3.63) is 59.7 Å². The summed E-state index contributed by atoms with van der Waals surface area (Å²) in [6.07, 6.45) is 1.88. The Morgan fingerprint density at radius 1 is 0.783 bits per heavy atom. The van der Waals surface area contributed by atoms with E-state index in [9.17, 15) is 0 Å². The summed E-state index contributed by atoms with van der Waals surface area (Å²) in [5.41, 5.74) is 3.34. The molecule has 0 unspecified atom stereocenters. The van der Waals surface area contributed by atoms with Gasteiger partial charge in [0.2, 0.25) is 0 Å². The first kappa shape index (κ1) is 17.3. The Kier molecular flexibility index (Phi) is 4.93. The number of nitrogens with zero attached hydrogens (tertiary/aromatic N) is 1. The summed E-state index contributed by atoms with van der Waals surface area (Å²) in [4.78, 5) is 4.54. The average molecular weight is 309 g/mol. The smallest absolute Gasteiger partial charge is 0.120 e. The van der Waals surface area contributed by atoms with Crippen LogP contribution in [-0.4, -0.2) is 11.8 Å². The van der Waals surface area contributed by atoms with E-state index in [0.29, 0.717) is 0 Å². The molecule has 0 radical (unpaired) electrons. The van der Waals surface area contributed by atoms with Crippen LogP contribution in [0.3, 0.4) is 0 Å². The van der Waals surface area contributed by atoms with Crippen molar-refractivity contribution in [2.45, 2.75) is 52.6 Å². The van der Waals surface area contributed by atoms with E-state index in [1.165, 1.54) is 5.56 Å². The SMILES string of the molecule is CC(C)(C)Oc1ccc(C=Nc2ccc(C(C)(C)C)cc2)cc1. The molecule has 0 aromatic heterocycles. The Morgan fingerprint density at radius 3 is 1.83 bits per heavy atom. The van der Waals surface area contributed by atoms with E-state index in [4.69, 9.17) is 4.74 Å². The van der Waals surface area contributed by atoms with Gasteiger partial charge in [0.1, 0.15) is 11.4 Å². The van der Waals surface area contributed by atoms with Gasteiger partial charge in [0, 0.05) is 6.21 Å². The Hall–Kier alpha value is -2.09. The first-order valence-corrected chi connectivity index (χ1v) is 8.07. The normalized spacial score (nSPS) is 12.6. The van der Waals surface area contributed by atoms with Gasteiger partial charge in [-0.15, -0.1) is 0 Å². The Balaban J connectivity index is 2.05. The van der Waals surface area contributed by atoms with Crippen molar-refractivity contribution < 1.29 is 4.74 Å². The minimum atomic E-state index is -0.176. The average Bonchev–Trinajstić information content (AvgIpc) is 2.44. The molecule has 2 heteroatoms. The molecular formula is C21H27NO. The van der Waals surface area contributed by atoms with Crippen LogP contribution in [0.5, 0.6) is 5.75 Å². The van der Waals surface area contributed by atoms with Gasteiger partial charge in [0.15, 0.2) is 0 Å². The number of rotatable bonds is 3.